The Labute approximate surface area is 149 Å². The number of anilines is 1. The number of nitrogens with one attached hydrogen (secondary N) is 3. The maximum atomic E-state index is 12.3. The minimum absolute atomic E-state index is 0.174. The summed E-state index contributed by atoms with van der Waals surface area (Å²) in [7, 11) is 0. The third-order valence-electron chi connectivity index (χ3n) is 3.89. The van der Waals surface area contributed by atoms with Gasteiger partial charge in [0.25, 0.3) is 11.8 Å². The Hall–Kier alpha value is -1.89. The monoisotopic (exact) mass is 363 g/mol. The van der Waals surface area contributed by atoms with Crippen LogP contribution in [0, 0.1) is 0 Å². The van der Waals surface area contributed by atoms with Crippen molar-refractivity contribution in [3.05, 3.63) is 51.2 Å². The Balaban J connectivity index is 1.66. The fourth-order valence-electron chi connectivity index (χ4n) is 2.60. The summed E-state index contributed by atoms with van der Waals surface area (Å²) in [6.07, 6.45) is 2.21. The fourth-order valence-corrected chi connectivity index (χ4v) is 3.39. The van der Waals surface area contributed by atoms with Gasteiger partial charge < -0.3 is 16.0 Å². The van der Waals surface area contributed by atoms with Crippen molar-refractivity contribution < 1.29 is 9.59 Å². The van der Waals surface area contributed by atoms with E-state index in [1.807, 2.05) is 11.4 Å². The number of carbonyl (C=O) groups is 2. The smallest absolute Gasteiger partial charge is 0.265 e. The maximum Gasteiger partial charge on any atom is 0.265 e. The minimum atomic E-state index is -0.236. The van der Waals surface area contributed by atoms with E-state index in [0.29, 0.717) is 33.7 Å². The van der Waals surface area contributed by atoms with E-state index >= 15 is 0 Å². The van der Waals surface area contributed by atoms with Crippen LogP contribution >= 0.6 is 22.9 Å². The van der Waals surface area contributed by atoms with Crippen molar-refractivity contribution in [3.8, 4) is 0 Å². The number of rotatable bonds is 5. The minimum Gasteiger partial charge on any atom is -0.350 e. The van der Waals surface area contributed by atoms with Gasteiger partial charge in [0.2, 0.25) is 0 Å². The molecule has 0 bridgehead atoms. The second kappa shape index (κ2) is 7.79. The van der Waals surface area contributed by atoms with Gasteiger partial charge in [0.1, 0.15) is 0 Å². The van der Waals surface area contributed by atoms with Crippen LogP contribution in [0.25, 0.3) is 0 Å². The quantitative estimate of drug-likeness (QED) is 0.764. The Morgan fingerprint density at radius 3 is 2.88 bits per heavy atom. The Morgan fingerprint density at radius 1 is 1.29 bits per heavy atom. The fraction of sp³-hybridized carbons (Fsp3) is 0.294. The zero-order chi connectivity index (χ0) is 16.9. The lowest BCUT2D eigenvalue weighted by molar-refractivity contribution is 0.0949. The van der Waals surface area contributed by atoms with E-state index in [9.17, 15) is 9.59 Å². The highest BCUT2D eigenvalue weighted by Gasteiger charge is 2.16. The first-order valence-electron chi connectivity index (χ1n) is 7.79. The number of hydrogen-bond donors (Lipinski definition) is 3. The second-order valence-electron chi connectivity index (χ2n) is 5.63. The van der Waals surface area contributed by atoms with Crippen molar-refractivity contribution >= 4 is 40.4 Å². The van der Waals surface area contributed by atoms with Crippen LogP contribution in [0.5, 0.6) is 0 Å². The second-order valence-corrected chi connectivity index (χ2v) is 6.98. The molecule has 1 saturated heterocycles. The molecule has 24 heavy (non-hydrogen) atoms. The SMILES string of the molecule is O=C(NCC1CCCN1)c1ccc(Cl)c(NC(=O)c2cccs2)c1. The summed E-state index contributed by atoms with van der Waals surface area (Å²) in [5.74, 6) is -0.411. The Bertz CT molecular complexity index is 727. The van der Waals surface area contributed by atoms with Gasteiger partial charge >= 0.3 is 0 Å². The lowest BCUT2D eigenvalue weighted by Crippen LogP contribution is -2.37. The average molecular weight is 364 g/mol. The van der Waals surface area contributed by atoms with Crippen LogP contribution < -0.4 is 16.0 Å². The molecule has 5 nitrogen and oxygen atoms in total. The number of benzene rings is 1. The van der Waals surface area contributed by atoms with E-state index in [1.54, 1.807) is 24.3 Å². The highest BCUT2D eigenvalue weighted by molar-refractivity contribution is 7.12. The molecule has 2 aromatic rings. The molecule has 2 heterocycles. The summed E-state index contributed by atoms with van der Waals surface area (Å²) in [5.41, 5.74) is 0.903. The molecule has 1 aromatic heterocycles. The molecule has 7 heteroatoms. The standard InChI is InChI=1S/C17H18ClN3O2S/c18-13-6-5-11(16(22)20-10-12-3-1-7-19-12)9-14(13)21-17(23)15-4-2-8-24-15/h2,4-6,8-9,12,19H,1,3,7,10H2,(H,20,22)(H,21,23). The normalized spacial score (nSPS) is 16.8. The molecular weight excluding hydrogens is 346 g/mol. The number of carbonyl (C=O) groups excluding carboxylic acids is 2. The van der Waals surface area contributed by atoms with Gasteiger partial charge in [-0.15, -0.1) is 11.3 Å². The van der Waals surface area contributed by atoms with Crippen molar-refractivity contribution in [1.82, 2.24) is 10.6 Å². The molecule has 1 fully saturated rings. The third kappa shape index (κ3) is 4.14. The van der Waals surface area contributed by atoms with E-state index in [4.69, 9.17) is 11.6 Å². The summed E-state index contributed by atoms with van der Waals surface area (Å²) >= 11 is 7.48. The van der Waals surface area contributed by atoms with Gasteiger partial charge in [0.05, 0.1) is 15.6 Å². The van der Waals surface area contributed by atoms with Gasteiger partial charge in [-0.1, -0.05) is 17.7 Å². The summed E-state index contributed by atoms with van der Waals surface area (Å²) in [6, 6.07) is 8.75. The van der Waals surface area contributed by atoms with Crippen molar-refractivity contribution in [2.24, 2.45) is 0 Å². The molecule has 1 unspecified atom stereocenters. The number of amides is 2. The highest BCUT2D eigenvalue weighted by Crippen LogP contribution is 2.24. The topological polar surface area (TPSA) is 70.2 Å². The van der Waals surface area contributed by atoms with Crippen LogP contribution in [-0.2, 0) is 0 Å². The van der Waals surface area contributed by atoms with Crippen LogP contribution in [0.2, 0.25) is 5.02 Å². The molecule has 0 aliphatic carbocycles. The zero-order valence-electron chi connectivity index (χ0n) is 13.0. The zero-order valence-corrected chi connectivity index (χ0v) is 14.5. The summed E-state index contributed by atoms with van der Waals surface area (Å²) in [5, 5.41) is 11.2. The van der Waals surface area contributed by atoms with Crippen molar-refractivity contribution in [1.29, 1.82) is 0 Å². The molecule has 1 aliphatic heterocycles. The van der Waals surface area contributed by atoms with Crippen molar-refractivity contribution in [3.63, 3.8) is 0 Å². The maximum absolute atomic E-state index is 12.3. The molecule has 1 aliphatic rings. The Morgan fingerprint density at radius 2 is 2.17 bits per heavy atom. The van der Waals surface area contributed by atoms with Crippen LogP contribution in [0.3, 0.4) is 0 Å². The molecule has 1 atom stereocenters. The average Bonchev–Trinajstić information content (AvgIpc) is 3.28. The summed E-state index contributed by atoms with van der Waals surface area (Å²) in [6.45, 7) is 1.60. The lowest BCUT2D eigenvalue weighted by atomic mass is 10.1. The van der Waals surface area contributed by atoms with Crippen LogP contribution in [0.15, 0.2) is 35.7 Å². The third-order valence-corrected chi connectivity index (χ3v) is 5.09. The van der Waals surface area contributed by atoms with E-state index < -0.39 is 0 Å². The molecule has 1 aromatic carbocycles. The largest absolute Gasteiger partial charge is 0.350 e. The first-order valence-corrected chi connectivity index (χ1v) is 9.05. The van der Waals surface area contributed by atoms with Crippen LogP contribution in [0.4, 0.5) is 5.69 Å². The van der Waals surface area contributed by atoms with Gasteiger partial charge in [-0.3, -0.25) is 9.59 Å². The Kier molecular flexibility index (Phi) is 5.50. The molecule has 2 amide bonds. The molecule has 0 saturated carbocycles. The molecule has 3 rings (SSSR count). The van der Waals surface area contributed by atoms with Gasteiger partial charge in [-0.25, -0.2) is 0 Å². The van der Waals surface area contributed by atoms with Gasteiger partial charge in [-0.2, -0.15) is 0 Å². The number of hydrogen-bond acceptors (Lipinski definition) is 4. The predicted octanol–water partition coefficient (Wildman–Crippen LogP) is 3.14. The van der Waals surface area contributed by atoms with Crippen LogP contribution in [0.1, 0.15) is 32.9 Å². The molecular formula is C17H18ClN3O2S. The van der Waals surface area contributed by atoms with E-state index in [-0.39, 0.29) is 11.8 Å². The summed E-state index contributed by atoms with van der Waals surface area (Å²) in [4.78, 5) is 25.0. The molecule has 3 N–H and O–H groups in total. The van der Waals surface area contributed by atoms with E-state index in [0.717, 1.165) is 19.4 Å². The summed E-state index contributed by atoms with van der Waals surface area (Å²) < 4.78 is 0. The molecule has 0 radical (unpaired) electrons. The van der Waals surface area contributed by atoms with E-state index in [1.165, 1.54) is 11.3 Å². The van der Waals surface area contributed by atoms with Gasteiger partial charge in [0.15, 0.2) is 0 Å². The van der Waals surface area contributed by atoms with Crippen molar-refractivity contribution in [2.45, 2.75) is 18.9 Å². The number of halogens is 1. The van der Waals surface area contributed by atoms with Crippen molar-refractivity contribution in [2.75, 3.05) is 18.4 Å². The van der Waals surface area contributed by atoms with Crippen LogP contribution in [-0.4, -0.2) is 30.9 Å². The predicted molar refractivity (Wildman–Crippen MR) is 97.1 cm³/mol. The molecule has 126 valence electrons. The first kappa shape index (κ1) is 17.0. The van der Waals surface area contributed by atoms with Gasteiger partial charge in [0, 0.05) is 18.2 Å². The molecule has 0 spiro atoms. The highest BCUT2D eigenvalue weighted by atomic mass is 35.5. The van der Waals surface area contributed by atoms with E-state index in [2.05, 4.69) is 16.0 Å². The first-order chi connectivity index (χ1) is 11.6. The lowest BCUT2D eigenvalue weighted by Gasteiger charge is -2.13. The number of thiophene rings is 1. The van der Waals surface area contributed by atoms with Gasteiger partial charge in [-0.05, 0) is 49.0 Å².